The molecule has 0 aromatic carbocycles. The van der Waals surface area contributed by atoms with Crippen molar-refractivity contribution in [2.45, 2.75) is 64.7 Å². The maximum Gasteiger partial charge on any atom is 0.323 e. The number of nitrogens with two attached hydrogens (primary N) is 1. The zero-order valence-corrected chi connectivity index (χ0v) is 12.5. The van der Waals surface area contributed by atoms with E-state index in [1.54, 1.807) is 40.7 Å². The van der Waals surface area contributed by atoms with Crippen LogP contribution in [0, 0.1) is 0 Å². The van der Waals surface area contributed by atoms with Crippen molar-refractivity contribution in [3.63, 3.8) is 0 Å². The Bertz CT molecular complexity index is 342. The Kier molecular flexibility index (Phi) is 6.22. The number of ether oxygens (including phenoxy) is 2. The Morgan fingerprint density at radius 1 is 1.21 bits per heavy atom. The van der Waals surface area contributed by atoms with Crippen molar-refractivity contribution in [2.75, 3.05) is 0 Å². The molecule has 0 aliphatic carbocycles. The normalized spacial score (nSPS) is 13.6. The molecule has 5 heteroatoms. The summed E-state index contributed by atoms with van der Waals surface area (Å²) in [4.78, 5) is 23.1. The molecule has 19 heavy (non-hydrogen) atoms. The van der Waals surface area contributed by atoms with Gasteiger partial charge in [0.25, 0.3) is 0 Å². The van der Waals surface area contributed by atoms with E-state index in [4.69, 9.17) is 15.2 Å². The second kappa shape index (κ2) is 6.70. The first-order chi connectivity index (χ1) is 8.47. The summed E-state index contributed by atoms with van der Waals surface area (Å²) >= 11 is 0. The van der Waals surface area contributed by atoms with Gasteiger partial charge in [-0.15, -0.1) is 0 Å². The van der Waals surface area contributed by atoms with Gasteiger partial charge >= 0.3 is 11.9 Å². The molecule has 0 rings (SSSR count). The summed E-state index contributed by atoms with van der Waals surface area (Å²) in [5.74, 6) is -0.924. The van der Waals surface area contributed by atoms with Crippen molar-refractivity contribution in [1.82, 2.24) is 0 Å². The number of hydrogen-bond donors (Lipinski definition) is 1. The molecule has 0 saturated heterocycles. The van der Waals surface area contributed by atoms with Crippen molar-refractivity contribution in [2.24, 2.45) is 5.73 Å². The van der Waals surface area contributed by atoms with Gasteiger partial charge in [-0.1, -0.05) is 6.58 Å². The van der Waals surface area contributed by atoms with E-state index in [9.17, 15) is 9.59 Å². The molecule has 2 N–H and O–H groups in total. The molecule has 0 aliphatic heterocycles. The lowest BCUT2D eigenvalue weighted by atomic mass is 10.1. The lowest BCUT2D eigenvalue weighted by Crippen LogP contribution is -2.38. The summed E-state index contributed by atoms with van der Waals surface area (Å²) in [7, 11) is 0. The molecule has 1 unspecified atom stereocenters. The van der Waals surface area contributed by atoms with Gasteiger partial charge < -0.3 is 15.2 Å². The molecular weight excluding hydrogens is 246 g/mol. The molecule has 0 heterocycles. The Labute approximate surface area is 115 Å². The minimum Gasteiger partial charge on any atom is -0.459 e. The van der Waals surface area contributed by atoms with Crippen LogP contribution in [0.25, 0.3) is 0 Å². The van der Waals surface area contributed by atoms with E-state index in [0.29, 0.717) is 0 Å². The number of esters is 2. The van der Waals surface area contributed by atoms with Crippen LogP contribution in [-0.2, 0) is 19.1 Å². The van der Waals surface area contributed by atoms with Gasteiger partial charge in [-0.25, -0.2) is 0 Å². The molecule has 0 amide bonds. The first-order valence-corrected chi connectivity index (χ1v) is 6.31. The second-order valence-corrected chi connectivity index (χ2v) is 5.96. The summed E-state index contributed by atoms with van der Waals surface area (Å²) in [6.07, 6.45) is 1.80. The van der Waals surface area contributed by atoms with Crippen molar-refractivity contribution in [1.29, 1.82) is 0 Å². The lowest BCUT2D eigenvalue weighted by molar-refractivity contribution is -0.157. The van der Waals surface area contributed by atoms with E-state index in [0.717, 1.165) is 0 Å². The largest absolute Gasteiger partial charge is 0.459 e. The van der Waals surface area contributed by atoms with Gasteiger partial charge in [-0.2, -0.15) is 0 Å². The van der Waals surface area contributed by atoms with Crippen molar-refractivity contribution in [3.8, 4) is 0 Å². The fourth-order valence-corrected chi connectivity index (χ4v) is 1.15. The highest BCUT2D eigenvalue weighted by Crippen LogP contribution is 2.13. The summed E-state index contributed by atoms with van der Waals surface area (Å²) < 4.78 is 10.3. The monoisotopic (exact) mass is 271 g/mol. The first-order valence-electron chi connectivity index (χ1n) is 6.31. The maximum absolute atomic E-state index is 11.6. The number of carbonyl (C=O) groups excluding carboxylic acids is 2. The van der Waals surface area contributed by atoms with Crippen LogP contribution in [0.5, 0.6) is 0 Å². The van der Waals surface area contributed by atoms with Gasteiger partial charge in [-0.05, 0) is 47.1 Å². The van der Waals surface area contributed by atoms with E-state index in [1.165, 1.54) is 0 Å². The molecule has 0 fully saturated rings. The van der Waals surface area contributed by atoms with E-state index in [1.807, 2.05) is 0 Å². The summed E-state index contributed by atoms with van der Waals surface area (Å²) in [5.41, 5.74) is 4.37. The van der Waals surface area contributed by atoms with E-state index < -0.39 is 29.2 Å². The maximum atomic E-state index is 11.6. The highest BCUT2D eigenvalue weighted by atomic mass is 16.6. The Balaban J connectivity index is 4.16. The first kappa shape index (κ1) is 17.6. The molecule has 0 spiro atoms. The third-order valence-electron chi connectivity index (χ3n) is 2.24. The zero-order chi connectivity index (χ0) is 15.3. The summed E-state index contributed by atoms with van der Waals surface area (Å²) in [6.45, 7) is 12.3. The number of carbonyl (C=O) groups is 2. The van der Waals surface area contributed by atoms with E-state index in [2.05, 4.69) is 6.58 Å². The topological polar surface area (TPSA) is 78.6 Å². The Morgan fingerprint density at radius 3 is 2.16 bits per heavy atom. The van der Waals surface area contributed by atoms with Crippen LogP contribution in [0.15, 0.2) is 12.7 Å². The van der Waals surface area contributed by atoms with Crippen molar-refractivity contribution < 1.29 is 19.1 Å². The van der Waals surface area contributed by atoms with Gasteiger partial charge in [0.15, 0.2) is 0 Å². The Morgan fingerprint density at radius 2 is 1.74 bits per heavy atom. The zero-order valence-electron chi connectivity index (χ0n) is 12.5. The summed E-state index contributed by atoms with van der Waals surface area (Å²) in [6, 6.07) is -0.821. The Hall–Kier alpha value is -1.36. The number of hydrogen-bond acceptors (Lipinski definition) is 5. The highest BCUT2D eigenvalue weighted by Gasteiger charge is 2.24. The quantitative estimate of drug-likeness (QED) is 0.590. The van der Waals surface area contributed by atoms with Crippen molar-refractivity contribution >= 4 is 11.9 Å². The predicted molar refractivity (Wildman–Crippen MR) is 73.4 cm³/mol. The average Bonchev–Trinajstić information content (AvgIpc) is 2.23. The van der Waals surface area contributed by atoms with Crippen LogP contribution >= 0.6 is 0 Å². The standard InChI is InChI=1S/C14H25NO4/c1-7-14(5,6)18-11(16)9-8-10(15)12(17)19-13(2,3)4/h7,10H,1,8-9,15H2,2-6H3. The molecule has 5 nitrogen and oxygen atoms in total. The minimum absolute atomic E-state index is 0.0671. The molecule has 0 saturated carbocycles. The molecule has 0 aromatic heterocycles. The summed E-state index contributed by atoms with van der Waals surface area (Å²) in [5, 5.41) is 0. The lowest BCUT2D eigenvalue weighted by Gasteiger charge is -2.23. The minimum atomic E-state index is -0.821. The third-order valence-corrected chi connectivity index (χ3v) is 2.24. The van der Waals surface area contributed by atoms with Crippen LogP contribution in [-0.4, -0.2) is 29.2 Å². The highest BCUT2D eigenvalue weighted by molar-refractivity contribution is 5.77. The van der Waals surface area contributed by atoms with Gasteiger partial charge in [0.2, 0.25) is 0 Å². The smallest absolute Gasteiger partial charge is 0.323 e. The predicted octanol–water partition coefficient (Wildman–Crippen LogP) is 1.94. The molecular formula is C14H25NO4. The van der Waals surface area contributed by atoms with E-state index >= 15 is 0 Å². The van der Waals surface area contributed by atoms with Crippen LogP contribution in [0.3, 0.4) is 0 Å². The molecule has 0 bridgehead atoms. The molecule has 110 valence electrons. The second-order valence-electron chi connectivity index (χ2n) is 5.96. The average molecular weight is 271 g/mol. The molecule has 0 radical (unpaired) electrons. The van der Waals surface area contributed by atoms with E-state index in [-0.39, 0.29) is 12.8 Å². The molecule has 1 atom stereocenters. The molecule has 0 aromatic rings. The molecule has 0 aliphatic rings. The van der Waals surface area contributed by atoms with Crippen LogP contribution in [0.1, 0.15) is 47.5 Å². The van der Waals surface area contributed by atoms with Gasteiger partial charge in [-0.3, -0.25) is 9.59 Å². The van der Waals surface area contributed by atoms with Crippen molar-refractivity contribution in [3.05, 3.63) is 12.7 Å². The van der Waals surface area contributed by atoms with Gasteiger partial charge in [0, 0.05) is 6.42 Å². The van der Waals surface area contributed by atoms with Gasteiger partial charge in [0.1, 0.15) is 17.2 Å². The fraction of sp³-hybridized carbons (Fsp3) is 0.714. The van der Waals surface area contributed by atoms with Gasteiger partial charge in [0.05, 0.1) is 0 Å². The van der Waals surface area contributed by atoms with Crippen LogP contribution in [0.2, 0.25) is 0 Å². The fourth-order valence-electron chi connectivity index (χ4n) is 1.15. The third kappa shape index (κ3) is 8.37. The van der Waals surface area contributed by atoms with Crippen LogP contribution in [0.4, 0.5) is 0 Å². The number of rotatable bonds is 6. The van der Waals surface area contributed by atoms with Crippen LogP contribution < -0.4 is 5.73 Å². The SMILES string of the molecule is C=CC(C)(C)OC(=O)CCC(N)C(=O)OC(C)(C)C.